The Hall–Kier alpha value is -1.67. The van der Waals surface area contributed by atoms with Gasteiger partial charge < -0.3 is 15.4 Å². The lowest BCUT2D eigenvalue weighted by molar-refractivity contribution is 0.0685. The minimum atomic E-state index is -1.21. The second kappa shape index (κ2) is 5.32. The van der Waals surface area contributed by atoms with Crippen LogP contribution in [0.25, 0.3) is 0 Å². The first-order valence-corrected chi connectivity index (χ1v) is 6.53. The molecule has 0 aliphatic heterocycles. The molecule has 18 heavy (non-hydrogen) atoms. The summed E-state index contributed by atoms with van der Waals surface area (Å²) in [7, 11) is 0. The summed E-state index contributed by atoms with van der Waals surface area (Å²) in [6, 6.07) is 1.88. The number of hydrogen-bond acceptors (Lipinski definition) is 4. The summed E-state index contributed by atoms with van der Waals surface area (Å²) in [5, 5.41) is 13.4. The maximum absolute atomic E-state index is 11.8. The van der Waals surface area contributed by atoms with E-state index in [9.17, 15) is 9.59 Å². The smallest absolute Gasteiger partial charge is 0.354 e. The molecule has 0 bridgehead atoms. The Morgan fingerprint density at radius 3 is 2.94 bits per heavy atom. The maximum Gasteiger partial charge on any atom is 0.354 e. The van der Waals surface area contributed by atoms with Gasteiger partial charge in [0, 0.05) is 9.35 Å². The molecule has 2 aromatic heterocycles. The molecule has 0 aliphatic rings. The largest absolute Gasteiger partial charge is 0.477 e. The van der Waals surface area contributed by atoms with Gasteiger partial charge in [-0.1, -0.05) is 0 Å². The topological polar surface area (TPSA) is 95.1 Å². The first-order valence-electron chi connectivity index (χ1n) is 4.86. The summed E-state index contributed by atoms with van der Waals surface area (Å²) in [6.07, 6.45) is 1.18. The number of nitrogens with zero attached hydrogens (tertiary/aromatic N) is 1. The molecular weight excluding hydrogens is 322 g/mol. The Morgan fingerprint density at radius 1 is 1.56 bits per heavy atom. The third kappa shape index (κ3) is 2.59. The van der Waals surface area contributed by atoms with Crippen LogP contribution in [0.3, 0.4) is 0 Å². The number of thiophene rings is 1. The van der Waals surface area contributed by atoms with E-state index in [0.29, 0.717) is 6.54 Å². The number of carbonyl (C=O) groups excluding carboxylic acids is 1. The zero-order valence-electron chi connectivity index (χ0n) is 8.94. The van der Waals surface area contributed by atoms with Crippen LogP contribution in [0.2, 0.25) is 0 Å². The molecule has 0 aliphatic carbocycles. The number of carboxylic acids is 1. The zero-order chi connectivity index (χ0) is 13.1. The van der Waals surface area contributed by atoms with Crippen molar-refractivity contribution < 1.29 is 14.7 Å². The van der Waals surface area contributed by atoms with Gasteiger partial charge in [0.05, 0.1) is 12.9 Å². The highest BCUT2D eigenvalue weighted by atomic mass is 79.9. The van der Waals surface area contributed by atoms with E-state index in [1.165, 1.54) is 17.7 Å². The lowest BCUT2D eigenvalue weighted by atomic mass is 10.3. The van der Waals surface area contributed by atoms with E-state index < -0.39 is 11.9 Å². The van der Waals surface area contributed by atoms with Crippen LogP contribution in [0.5, 0.6) is 0 Å². The van der Waals surface area contributed by atoms with Crippen LogP contribution in [0, 0.1) is 0 Å². The highest BCUT2D eigenvalue weighted by molar-refractivity contribution is 9.10. The lowest BCUT2D eigenvalue weighted by Crippen LogP contribution is -2.24. The van der Waals surface area contributed by atoms with Crippen LogP contribution in [-0.2, 0) is 6.54 Å². The summed E-state index contributed by atoms with van der Waals surface area (Å²) in [5.74, 6) is -1.73. The number of halogens is 1. The summed E-state index contributed by atoms with van der Waals surface area (Å²) >= 11 is 4.84. The quantitative estimate of drug-likeness (QED) is 0.797. The van der Waals surface area contributed by atoms with Crippen molar-refractivity contribution in [2.45, 2.75) is 6.54 Å². The van der Waals surface area contributed by atoms with Gasteiger partial charge in [-0.2, -0.15) is 0 Å². The molecule has 0 aromatic carbocycles. The Labute approximate surface area is 114 Å². The van der Waals surface area contributed by atoms with Crippen molar-refractivity contribution in [1.29, 1.82) is 0 Å². The third-order valence-electron chi connectivity index (χ3n) is 2.17. The maximum atomic E-state index is 11.8. The number of amides is 1. The number of H-pyrrole nitrogens is 1. The number of imidazole rings is 1. The van der Waals surface area contributed by atoms with E-state index in [0.717, 1.165) is 9.35 Å². The number of rotatable bonds is 4. The van der Waals surface area contributed by atoms with Gasteiger partial charge in [-0.3, -0.25) is 4.79 Å². The number of aromatic nitrogens is 2. The first-order chi connectivity index (χ1) is 8.59. The van der Waals surface area contributed by atoms with Gasteiger partial charge in [-0.25, -0.2) is 9.78 Å². The average molecular weight is 330 g/mol. The van der Waals surface area contributed by atoms with Crippen LogP contribution >= 0.6 is 27.3 Å². The molecule has 2 aromatic rings. The number of carbonyl (C=O) groups is 2. The molecule has 0 spiro atoms. The van der Waals surface area contributed by atoms with Gasteiger partial charge in [0.15, 0.2) is 11.4 Å². The van der Waals surface area contributed by atoms with Crippen molar-refractivity contribution in [3.63, 3.8) is 0 Å². The van der Waals surface area contributed by atoms with Gasteiger partial charge in [-0.05, 0) is 27.4 Å². The molecular formula is C10H8BrN3O3S. The molecule has 0 atom stereocenters. The van der Waals surface area contributed by atoms with Crippen LogP contribution in [0.4, 0.5) is 0 Å². The summed E-state index contributed by atoms with van der Waals surface area (Å²) in [6.45, 7) is 0.322. The number of hydrogen-bond donors (Lipinski definition) is 3. The van der Waals surface area contributed by atoms with Crippen LogP contribution in [-0.4, -0.2) is 27.0 Å². The lowest BCUT2D eigenvalue weighted by Gasteiger charge is -2.02. The molecule has 8 heteroatoms. The van der Waals surface area contributed by atoms with Gasteiger partial charge in [0.25, 0.3) is 5.91 Å². The predicted octanol–water partition coefficient (Wildman–Crippen LogP) is 1.86. The van der Waals surface area contributed by atoms with E-state index in [4.69, 9.17) is 5.11 Å². The minimum absolute atomic E-state index is 0.116. The van der Waals surface area contributed by atoms with Gasteiger partial charge in [0.2, 0.25) is 0 Å². The van der Waals surface area contributed by atoms with Crippen molar-refractivity contribution in [2.24, 2.45) is 0 Å². The fourth-order valence-corrected chi connectivity index (χ4v) is 2.76. The van der Waals surface area contributed by atoms with Crippen molar-refractivity contribution >= 4 is 39.1 Å². The van der Waals surface area contributed by atoms with E-state index >= 15 is 0 Å². The molecule has 2 rings (SSSR count). The summed E-state index contributed by atoms with van der Waals surface area (Å²) < 4.78 is 0.910. The van der Waals surface area contributed by atoms with Crippen molar-refractivity contribution in [3.05, 3.63) is 38.5 Å². The predicted molar refractivity (Wildman–Crippen MR) is 68.7 cm³/mol. The first kappa shape index (κ1) is 12.8. The number of carboxylic acid groups (broad SMARTS) is 1. The van der Waals surface area contributed by atoms with E-state index in [2.05, 4.69) is 31.2 Å². The normalized spacial score (nSPS) is 10.3. The fraction of sp³-hybridized carbons (Fsp3) is 0.100. The molecule has 6 nitrogen and oxygen atoms in total. The number of nitrogens with one attached hydrogen (secondary N) is 2. The molecule has 0 fully saturated rings. The molecule has 0 unspecified atom stereocenters. The van der Waals surface area contributed by atoms with Gasteiger partial charge >= 0.3 is 5.97 Å². The van der Waals surface area contributed by atoms with Gasteiger partial charge in [0.1, 0.15) is 0 Å². The Kier molecular flexibility index (Phi) is 3.78. The monoisotopic (exact) mass is 329 g/mol. The second-order valence-electron chi connectivity index (χ2n) is 3.31. The fourth-order valence-electron chi connectivity index (χ4n) is 1.32. The van der Waals surface area contributed by atoms with Crippen molar-refractivity contribution in [2.75, 3.05) is 0 Å². The van der Waals surface area contributed by atoms with Gasteiger partial charge in [-0.15, -0.1) is 11.3 Å². The van der Waals surface area contributed by atoms with Crippen LogP contribution < -0.4 is 5.32 Å². The highest BCUT2D eigenvalue weighted by Gasteiger charge is 2.19. The molecule has 94 valence electrons. The average Bonchev–Trinajstić information content (AvgIpc) is 2.94. The molecule has 3 N–H and O–H groups in total. The van der Waals surface area contributed by atoms with E-state index in [1.807, 2.05) is 11.4 Å². The molecule has 1 amide bonds. The SMILES string of the molecule is O=C(NCc1sccc1Br)c1nc[nH]c1C(=O)O. The molecule has 0 radical (unpaired) electrons. The van der Waals surface area contributed by atoms with Crippen LogP contribution in [0.15, 0.2) is 22.2 Å². The standard InChI is InChI=1S/C10H8BrN3O3S/c11-5-1-2-18-6(5)3-12-9(15)7-8(10(16)17)14-4-13-7/h1-2,4H,3H2,(H,12,15)(H,13,14)(H,16,17). The number of aromatic amines is 1. The number of aromatic carboxylic acids is 1. The zero-order valence-corrected chi connectivity index (χ0v) is 11.3. The Balaban J connectivity index is 2.06. The van der Waals surface area contributed by atoms with Crippen molar-refractivity contribution in [3.8, 4) is 0 Å². The van der Waals surface area contributed by atoms with Crippen LogP contribution in [0.1, 0.15) is 25.9 Å². The van der Waals surface area contributed by atoms with E-state index in [-0.39, 0.29) is 11.4 Å². The Bertz CT molecular complexity index is 593. The van der Waals surface area contributed by atoms with E-state index in [1.54, 1.807) is 0 Å². The third-order valence-corrected chi connectivity index (χ3v) is 4.10. The van der Waals surface area contributed by atoms with Crippen molar-refractivity contribution in [1.82, 2.24) is 15.3 Å². The molecule has 2 heterocycles. The molecule has 0 saturated carbocycles. The highest BCUT2D eigenvalue weighted by Crippen LogP contribution is 2.22. The Morgan fingerprint density at radius 2 is 2.33 bits per heavy atom. The summed E-state index contributed by atoms with van der Waals surface area (Å²) in [5.41, 5.74) is -0.326. The summed E-state index contributed by atoms with van der Waals surface area (Å²) in [4.78, 5) is 29.7. The second-order valence-corrected chi connectivity index (χ2v) is 5.16. The minimum Gasteiger partial charge on any atom is -0.477 e. The molecule has 0 saturated heterocycles.